The van der Waals surface area contributed by atoms with Crippen LogP contribution in [0.15, 0.2) is 59.5 Å². The Morgan fingerprint density at radius 3 is 2.57 bits per heavy atom. The fourth-order valence-electron chi connectivity index (χ4n) is 4.93. The van der Waals surface area contributed by atoms with Crippen LogP contribution >= 0.6 is 11.3 Å². The Bertz CT molecular complexity index is 1710. The molecule has 7 rings (SSSR count). The van der Waals surface area contributed by atoms with Crippen LogP contribution in [0.1, 0.15) is 36.5 Å². The third-order valence-corrected chi connectivity index (χ3v) is 8.30. The molecular weight excluding hydrogens is 494 g/mol. The Balaban J connectivity index is 1.49. The predicted octanol–water partition coefficient (Wildman–Crippen LogP) is 6.66. The molecule has 37 heavy (non-hydrogen) atoms. The molecule has 2 fully saturated rings. The number of rotatable bonds is 7. The average molecular weight is 519 g/mol. The molecule has 5 aromatic rings. The van der Waals surface area contributed by atoms with Gasteiger partial charge in [-0.15, -0.1) is 11.3 Å². The maximum atomic E-state index is 14.4. The fourth-order valence-corrected chi connectivity index (χ4v) is 6.26. The van der Waals surface area contributed by atoms with Crippen LogP contribution in [0.3, 0.4) is 0 Å². The van der Waals surface area contributed by atoms with E-state index >= 15 is 0 Å². The van der Waals surface area contributed by atoms with Gasteiger partial charge in [-0.05, 0) is 79.6 Å². The monoisotopic (exact) mass is 518 g/mol. The number of pyridine rings is 1. The average Bonchev–Trinajstić information content (AvgIpc) is 3.79. The number of halogens is 2. The number of anilines is 1. The highest BCUT2D eigenvalue weighted by Crippen LogP contribution is 2.48. The van der Waals surface area contributed by atoms with Crippen LogP contribution in [0, 0.1) is 0 Å². The second kappa shape index (κ2) is 8.41. The topological polar surface area (TPSA) is 61.1 Å². The van der Waals surface area contributed by atoms with E-state index < -0.39 is 6.61 Å². The summed E-state index contributed by atoms with van der Waals surface area (Å²) >= 11 is 1.75. The first-order valence-corrected chi connectivity index (χ1v) is 13.2. The molecule has 0 bridgehead atoms. The zero-order valence-electron chi connectivity index (χ0n) is 20.1. The molecule has 3 aromatic heterocycles. The van der Waals surface area contributed by atoms with Gasteiger partial charge >= 0.3 is 6.61 Å². The van der Waals surface area contributed by atoms with Gasteiger partial charge in [-0.3, -0.25) is 14.0 Å². The number of nitrogens with one attached hydrogen (secondary N) is 1. The van der Waals surface area contributed by atoms with Gasteiger partial charge in [0, 0.05) is 35.2 Å². The Kier molecular flexibility index (Phi) is 5.11. The van der Waals surface area contributed by atoms with E-state index in [-0.39, 0.29) is 11.3 Å². The van der Waals surface area contributed by atoms with E-state index in [9.17, 15) is 13.6 Å². The number of hydrogen-bond acceptors (Lipinski definition) is 5. The van der Waals surface area contributed by atoms with Gasteiger partial charge in [-0.25, -0.2) is 0 Å². The van der Waals surface area contributed by atoms with E-state index in [1.165, 1.54) is 17.0 Å². The molecule has 0 aliphatic heterocycles. The normalized spacial score (nSPS) is 15.7. The molecule has 0 radical (unpaired) electrons. The van der Waals surface area contributed by atoms with Gasteiger partial charge in [0.2, 0.25) is 0 Å². The Hall–Kier alpha value is -3.72. The highest BCUT2D eigenvalue weighted by atomic mass is 32.1. The molecule has 2 aliphatic rings. The summed E-state index contributed by atoms with van der Waals surface area (Å²) in [4.78, 5) is 15.6. The molecule has 9 heteroatoms. The molecule has 2 aliphatic carbocycles. The summed E-state index contributed by atoms with van der Waals surface area (Å²) in [5, 5.41) is 9.11. The molecule has 188 valence electrons. The number of nitrogens with zero attached hydrogens (tertiary/aromatic N) is 3. The second-order valence-corrected chi connectivity index (χ2v) is 11.0. The van der Waals surface area contributed by atoms with E-state index in [0.717, 1.165) is 58.1 Å². The quantitative estimate of drug-likeness (QED) is 0.262. The van der Waals surface area contributed by atoms with Crippen LogP contribution in [-0.4, -0.2) is 27.0 Å². The van der Waals surface area contributed by atoms with Gasteiger partial charge in [-0.1, -0.05) is 6.07 Å². The minimum Gasteiger partial charge on any atom is -0.435 e. The number of benzene rings is 2. The first kappa shape index (κ1) is 22.5. The van der Waals surface area contributed by atoms with Crippen LogP contribution in [-0.2, 0) is 7.05 Å². The summed E-state index contributed by atoms with van der Waals surface area (Å²) in [5.74, 6) is 0.591. The number of aromatic nitrogens is 3. The van der Waals surface area contributed by atoms with Crippen molar-refractivity contribution >= 4 is 38.1 Å². The summed E-state index contributed by atoms with van der Waals surface area (Å²) in [6.45, 7) is -2.90. The first-order chi connectivity index (χ1) is 17.9. The van der Waals surface area contributed by atoms with Crippen molar-refractivity contribution < 1.29 is 13.5 Å². The molecule has 0 saturated heterocycles. The summed E-state index contributed by atoms with van der Waals surface area (Å²) in [6, 6.07) is 14.7. The molecule has 2 aromatic carbocycles. The number of alkyl halides is 2. The van der Waals surface area contributed by atoms with E-state index in [0.29, 0.717) is 23.2 Å². The van der Waals surface area contributed by atoms with E-state index in [1.807, 2.05) is 31.4 Å². The van der Waals surface area contributed by atoms with E-state index in [1.54, 1.807) is 32.7 Å². The van der Waals surface area contributed by atoms with Gasteiger partial charge in [0.1, 0.15) is 5.75 Å². The van der Waals surface area contributed by atoms with Crippen molar-refractivity contribution in [1.82, 2.24) is 14.3 Å². The number of thiophene rings is 1. The van der Waals surface area contributed by atoms with Crippen LogP contribution in [0.2, 0.25) is 0 Å². The third-order valence-electron chi connectivity index (χ3n) is 7.00. The van der Waals surface area contributed by atoms with Crippen molar-refractivity contribution in [3.63, 3.8) is 0 Å². The van der Waals surface area contributed by atoms with Crippen LogP contribution in [0.5, 0.6) is 5.75 Å². The number of fused-ring (bicyclic) bond motifs is 2. The second-order valence-electron chi connectivity index (χ2n) is 9.90. The number of aryl methyl sites for hydroxylation is 1. The van der Waals surface area contributed by atoms with Gasteiger partial charge in [0.25, 0.3) is 5.56 Å². The van der Waals surface area contributed by atoms with Crippen molar-refractivity contribution in [2.45, 2.75) is 44.3 Å². The molecule has 0 atom stereocenters. The summed E-state index contributed by atoms with van der Waals surface area (Å²) < 4.78 is 34.5. The van der Waals surface area contributed by atoms with E-state index in [4.69, 9.17) is 0 Å². The van der Waals surface area contributed by atoms with Gasteiger partial charge in [0.15, 0.2) is 0 Å². The minimum absolute atomic E-state index is 0.0568. The largest absolute Gasteiger partial charge is 0.435 e. The molecular formula is C28H24F2N4O2S. The Morgan fingerprint density at radius 1 is 1.08 bits per heavy atom. The van der Waals surface area contributed by atoms with Gasteiger partial charge < -0.3 is 10.1 Å². The number of ether oxygens (including phenoxy) is 1. The third kappa shape index (κ3) is 4.07. The maximum absolute atomic E-state index is 14.4. The summed E-state index contributed by atoms with van der Waals surface area (Å²) in [6.07, 6.45) is 6.43. The standard InChI is InChI=1S/C28H24F2N4O2S/c1-33-14-17-12-16(4-11-21(17)32-33)24-25(31-18-5-6-18)26-22(13-23(37-26)15-2-3-15)34(27(24)35)19-7-9-20(10-8-19)36-28(29)30/h4,7-15,18,28,31H,2-3,5-6H2,1H3. The first-order valence-electron chi connectivity index (χ1n) is 12.4. The highest BCUT2D eigenvalue weighted by Gasteiger charge is 2.31. The lowest BCUT2D eigenvalue weighted by atomic mass is 10.0. The summed E-state index contributed by atoms with van der Waals surface area (Å²) in [7, 11) is 1.88. The Labute approximate surface area is 215 Å². The van der Waals surface area contributed by atoms with Crippen LogP contribution < -0.4 is 15.6 Å². The highest BCUT2D eigenvalue weighted by molar-refractivity contribution is 7.19. The minimum atomic E-state index is -2.90. The van der Waals surface area contributed by atoms with Crippen LogP contribution in [0.25, 0.3) is 37.9 Å². The molecule has 1 N–H and O–H groups in total. The molecule has 0 amide bonds. The van der Waals surface area contributed by atoms with Gasteiger partial charge in [-0.2, -0.15) is 13.9 Å². The van der Waals surface area contributed by atoms with Crippen molar-refractivity contribution in [3.05, 3.63) is 70.0 Å². The fraction of sp³-hybridized carbons (Fsp3) is 0.286. The lowest BCUT2D eigenvalue weighted by molar-refractivity contribution is -0.0498. The molecule has 2 saturated carbocycles. The van der Waals surface area contributed by atoms with Crippen molar-refractivity contribution in [2.75, 3.05) is 5.32 Å². The van der Waals surface area contributed by atoms with Crippen molar-refractivity contribution in [1.29, 1.82) is 0 Å². The molecule has 3 heterocycles. The predicted molar refractivity (Wildman–Crippen MR) is 142 cm³/mol. The smallest absolute Gasteiger partial charge is 0.387 e. The van der Waals surface area contributed by atoms with Crippen molar-refractivity contribution in [3.8, 4) is 22.6 Å². The Morgan fingerprint density at radius 2 is 1.86 bits per heavy atom. The van der Waals surface area contributed by atoms with E-state index in [2.05, 4.69) is 21.2 Å². The van der Waals surface area contributed by atoms with Crippen LogP contribution in [0.4, 0.5) is 14.5 Å². The van der Waals surface area contributed by atoms with Crippen molar-refractivity contribution in [2.24, 2.45) is 7.05 Å². The lowest BCUT2D eigenvalue weighted by Gasteiger charge is -2.17. The zero-order valence-corrected chi connectivity index (χ0v) is 20.9. The summed E-state index contributed by atoms with van der Waals surface area (Å²) in [5.41, 5.74) is 4.49. The SMILES string of the molecule is Cn1cc2cc(-c3c(NC4CC4)c4sc(C5CC5)cc4n(-c4ccc(OC(F)F)cc4)c3=O)ccc2n1. The zero-order chi connectivity index (χ0) is 25.3. The molecule has 6 nitrogen and oxygen atoms in total. The molecule has 0 unspecified atom stereocenters. The van der Waals surface area contributed by atoms with Gasteiger partial charge in [0.05, 0.1) is 27.0 Å². The maximum Gasteiger partial charge on any atom is 0.387 e. The number of hydrogen-bond donors (Lipinski definition) is 1. The lowest BCUT2D eigenvalue weighted by Crippen LogP contribution is -2.22. The molecule has 0 spiro atoms.